The van der Waals surface area contributed by atoms with Crippen LogP contribution in [0.25, 0.3) is 0 Å². The second-order valence-corrected chi connectivity index (χ2v) is 11.5. The molecule has 8 nitrogen and oxygen atoms in total. The van der Waals surface area contributed by atoms with E-state index in [1.807, 2.05) is 27.7 Å². The van der Waals surface area contributed by atoms with Crippen LogP contribution in [-0.4, -0.2) is 93.6 Å². The van der Waals surface area contributed by atoms with Gasteiger partial charge in [0.1, 0.15) is 11.6 Å². The van der Waals surface area contributed by atoms with Gasteiger partial charge < -0.3 is 24.5 Å². The minimum absolute atomic E-state index is 0.0812. The molecule has 0 radical (unpaired) electrons. The number of amides is 3. The molecule has 0 aromatic carbocycles. The van der Waals surface area contributed by atoms with Gasteiger partial charge in [0, 0.05) is 26.2 Å². The molecule has 3 heterocycles. The Balaban J connectivity index is 2.13. The van der Waals surface area contributed by atoms with Crippen LogP contribution in [0.1, 0.15) is 66.7 Å². The first kappa shape index (κ1) is 29.4. The Morgan fingerprint density at radius 1 is 1.11 bits per heavy atom. The second-order valence-electron chi connectivity index (χ2n) is 11.5. The lowest BCUT2D eigenvalue weighted by atomic mass is 9.66. The normalized spacial score (nSPS) is 30.9. The van der Waals surface area contributed by atoms with E-state index in [1.54, 1.807) is 26.9 Å². The maximum absolute atomic E-state index is 14.3. The predicted octanol–water partition coefficient (Wildman–Crippen LogP) is 3.01. The van der Waals surface area contributed by atoms with Gasteiger partial charge in [-0.05, 0) is 38.5 Å². The maximum Gasteiger partial charge on any atom is 0.248 e. The van der Waals surface area contributed by atoms with E-state index in [9.17, 15) is 19.5 Å². The molecule has 3 amide bonds. The van der Waals surface area contributed by atoms with Gasteiger partial charge in [-0.25, -0.2) is 0 Å². The fourth-order valence-corrected chi connectivity index (χ4v) is 6.88. The van der Waals surface area contributed by atoms with Crippen molar-refractivity contribution in [3.8, 4) is 0 Å². The zero-order chi connectivity index (χ0) is 27.5. The average Bonchev–Trinajstić information content (AvgIpc) is 3.42. The number of rotatable bonds is 14. The summed E-state index contributed by atoms with van der Waals surface area (Å²) in [7, 11) is 0. The highest BCUT2D eigenvalue weighted by Crippen LogP contribution is 2.64. The third kappa shape index (κ3) is 4.87. The highest BCUT2D eigenvalue weighted by atomic mass is 16.5. The van der Waals surface area contributed by atoms with E-state index < -0.39 is 35.1 Å². The molecule has 3 aliphatic heterocycles. The average molecular weight is 518 g/mol. The van der Waals surface area contributed by atoms with E-state index in [1.165, 1.54) is 0 Å². The lowest BCUT2D eigenvalue weighted by Gasteiger charge is -2.40. The first-order chi connectivity index (χ1) is 17.6. The Labute approximate surface area is 222 Å². The van der Waals surface area contributed by atoms with Crippen LogP contribution in [0.3, 0.4) is 0 Å². The van der Waals surface area contributed by atoms with E-state index in [0.29, 0.717) is 39.0 Å². The van der Waals surface area contributed by atoms with Crippen LogP contribution < -0.4 is 0 Å². The molecule has 6 atom stereocenters. The molecule has 3 fully saturated rings. The second kappa shape index (κ2) is 11.7. The Bertz CT molecular complexity index is 891. The van der Waals surface area contributed by atoms with Crippen molar-refractivity contribution in [3.63, 3.8) is 0 Å². The molecule has 37 heavy (non-hydrogen) atoms. The zero-order valence-electron chi connectivity index (χ0n) is 23.4. The van der Waals surface area contributed by atoms with Crippen LogP contribution >= 0.6 is 0 Å². The summed E-state index contributed by atoms with van der Waals surface area (Å²) < 4.78 is 6.76. The predicted molar refractivity (Wildman–Crippen MR) is 144 cm³/mol. The Morgan fingerprint density at radius 3 is 2.24 bits per heavy atom. The SMILES string of the molecule is C=CCN(CCCC)C(=O)C1N([C@@H](CO)C(C)C)C(=O)[C@@H]2[C@H](C(=O)N(CC=C)CCC)[C@]3(C)CCC12O3. The molecule has 0 aromatic heterocycles. The van der Waals surface area contributed by atoms with Crippen molar-refractivity contribution in [2.45, 2.75) is 90.0 Å². The van der Waals surface area contributed by atoms with Crippen molar-refractivity contribution in [1.29, 1.82) is 0 Å². The van der Waals surface area contributed by atoms with Crippen LogP contribution in [0.5, 0.6) is 0 Å². The molecule has 1 N–H and O–H groups in total. The first-order valence-electron chi connectivity index (χ1n) is 14.0. The van der Waals surface area contributed by atoms with E-state index in [2.05, 4.69) is 20.1 Å². The molecule has 3 rings (SSSR count). The Morgan fingerprint density at radius 2 is 1.73 bits per heavy atom. The minimum Gasteiger partial charge on any atom is -0.394 e. The van der Waals surface area contributed by atoms with Crippen molar-refractivity contribution in [2.75, 3.05) is 32.8 Å². The highest BCUT2D eigenvalue weighted by Gasteiger charge is 2.78. The van der Waals surface area contributed by atoms with Crippen molar-refractivity contribution < 1.29 is 24.2 Å². The molecule has 3 saturated heterocycles. The summed E-state index contributed by atoms with van der Waals surface area (Å²) in [5.74, 6) is -2.08. The van der Waals surface area contributed by atoms with Crippen LogP contribution in [-0.2, 0) is 19.1 Å². The summed E-state index contributed by atoms with van der Waals surface area (Å²) in [5, 5.41) is 10.4. The number of fused-ring (bicyclic) bond motifs is 1. The number of unbranched alkanes of at least 4 members (excludes halogenated alkanes) is 1. The van der Waals surface area contributed by atoms with Gasteiger partial charge in [0.15, 0.2) is 0 Å². The molecule has 208 valence electrons. The molecule has 3 aliphatic rings. The quantitative estimate of drug-likeness (QED) is 0.358. The van der Waals surface area contributed by atoms with Gasteiger partial charge in [-0.1, -0.05) is 46.3 Å². The van der Waals surface area contributed by atoms with Crippen molar-refractivity contribution in [1.82, 2.24) is 14.7 Å². The van der Waals surface area contributed by atoms with Gasteiger partial charge in [0.05, 0.1) is 30.1 Å². The van der Waals surface area contributed by atoms with Gasteiger partial charge in [-0.2, -0.15) is 0 Å². The number of ether oxygens (including phenoxy) is 1. The number of carbonyl (C=O) groups excluding carboxylic acids is 3. The molecule has 0 aromatic rings. The van der Waals surface area contributed by atoms with Gasteiger partial charge in [0.2, 0.25) is 17.7 Å². The number of nitrogens with zero attached hydrogens (tertiary/aromatic N) is 3. The van der Waals surface area contributed by atoms with E-state index in [-0.39, 0.29) is 30.2 Å². The van der Waals surface area contributed by atoms with Gasteiger partial charge in [-0.15, -0.1) is 13.2 Å². The molecular formula is C29H47N3O5. The molecule has 2 bridgehead atoms. The summed E-state index contributed by atoms with van der Waals surface area (Å²) in [4.78, 5) is 47.7. The maximum atomic E-state index is 14.3. The molecular weight excluding hydrogens is 470 g/mol. The lowest BCUT2D eigenvalue weighted by Crippen LogP contribution is -2.59. The topological polar surface area (TPSA) is 90.4 Å². The number of aliphatic hydroxyl groups is 1. The third-order valence-corrected chi connectivity index (χ3v) is 8.63. The Kier molecular flexibility index (Phi) is 9.27. The van der Waals surface area contributed by atoms with Crippen molar-refractivity contribution >= 4 is 17.7 Å². The Hall–Kier alpha value is -2.19. The smallest absolute Gasteiger partial charge is 0.248 e. The van der Waals surface area contributed by atoms with Gasteiger partial charge >= 0.3 is 0 Å². The van der Waals surface area contributed by atoms with Crippen LogP contribution in [0, 0.1) is 17.8 Å². The fourth-order valence-electron chi connectivity index (χ4n) is 6.88. The van der Waals surface area contributed by atoms with Gasteiger partial charge in [-0.3, -0.25) is 14.4 Å². The standard InChI is InChI=1S/C29H47N3O5/c1-8-12-18-31(17-11-4)27(36)24-29-14-13-28(7,37-29)22(25(34)30(15-9-2)16-10-3)23(29)26(35)32(24)21(19-33)20(5)6/h9,11,20-24,33H,2,4,8,10,12-19H2,1,3,5-7H3/t21-,22+,23-,24?,28-,29?/m0/s1. The van der Waals surface area contributed by atoms with E-state index in [0.717, 1.165) is 19.3 Å². The summed E-state index contributed by atoms with van der Waals surface area (Å²) in [6.45, 7) is 19.2. The van der Waals surface area contributed by atoms with Crippen molar-refractivity contribution in [2.24, 2.45) is 17.8 Å². The molecule has 0 aliphatic carbocycles. The highest BCUT2D eigenvalue weighted by molar-refractivity contribution is 5.99. The van der Waals surface area contributed by atoms with Crippen LogP contribution in [0.4, 0.5) is 0 Å². The summed E-state index contributed by atoms with van der Waals surface area (Å²) in [6, 6.07) is -1.44. The summed E-state index contributed by atoms with van der Waals surface area (Å²) in [6.07, 6.45) is 7.07. The summed E-state index contributed by atoms with van der Waals surface area (Å²) >= 11 is 0. The summed E-state index contributed by atoms with van der Waals surface area (Å²) in [5.41, 5.74) is -1.92. The van der Waals surface area contributed by atoms with Crippen LogP contribution in [0.15, 0.2) is 25.3 Å². The largest absolute Gasteiger partial charge is 0.394 e. The zero-order valence-corrected chi connectivity index (χ0v) is 23.4. The number of hydrogen-bond acceptors (Lipinski definition) is 5. The van der Waals surface area contributed by atoms with E-state index in [4.69, 9.17) is 4.74 Å². The third-order valence-electron chi connectivity index (χ3n) is 8.63. The number of carbonyl (C=O) groups is 3. The number of hydrogen-bond donors (Lipinski definition) is 1. The molecule has 2 unspecified atom stereocenters. The molecule has 8 heteroatoms. The van der Waals surface area contributed by atoms with Crippen LogP contribution in [0.2, 0.25) is 0 Å². The lowest BCUT2D eigenvalue weighted by molar-refractivity contribution is -0.157. The monoisotopic (exact) mass is 517 g/mol. The fraction of sp³-hybridized carbons (Fsp3) is 0.759. The minimum atomic E-state index is -1.09. The molecule has 0 saturated carbocycles. The van der Waals surface area contributed by atoms with Crippen molar-refractivity contribution in [3.05, 3.63) is 25.3 Å². The van der Waals surface area contributed by atoms with Gasteiger partial charge in [0.25, 0.3) is 0 Å². The first-order valence-corrected chi connectivity index (χ1v) is 14.0. The number of aliphatic hydroxyl groups excluding tert-OH is 1. The number of likely N-dealkylation sites (tertiary alicyclic amines) is 1. The molecule has 1 spiro atoms. The van der Waals surface area contributed by atoms with E-state index >= 15 is 0 Å².